The summed E-state index contributed by atoms with van der Waals surface area (Å²) in [5, 5.41) is 3.22. The molecule has 100 valence electrons. The standard InChI is InChI=1S/C13H16F3NS/c1-3-17-10(2)4-5-11-6-8-12(9-7-11)18-13(14,15)16/h4-10,17H,3H2,1-2H3/b5-4+. The first-order chi connectivity index (χ1) is 8.40. The molecule has 0 aliphatic heterocycles. The fourth-order valence-electron chi connectivity index (χ4n) is 1.43. The molecule has 0 saturated heterocycles. The van der Waals surface area contributed by atoms with Crippen molar-refractivity contribution in [3.05, 3.63) is 35.9 Å². The van der Waals surface area contributed by atoms with Gasteiger partial charge in [0.05, 0.1) is 0 Å². The van der Waals surface area contributed by atoms with Crippen molar-refractivity contribution >= 4 is 17.8 Å². The molecule has 1 rings (SSSR count). The lowest BCUT2D eigenvalue weighted by atomic mass is 10.2. The van der Waals surface area contributed by atoms with E-state index in [4.69, 9.17) is 0 Å². The molecular formula is C13H16F3NS. The van der Waals surface area contributed by atoms with Crippen molar-refractivity contribution in [2.45, 2.75) is 30.3 Å². The Kier molecular flexibility index (Phi) is 5.75. The number of hydrogen-bond donors (Lipinski definition) is 1. The summed E-state index contributed by atoms with van der Waals surface area (Å²) in [6.45, 7) is 4.92. The van der Waals surface area contributed by atoms with Crippen LogP contribution in [0.1, 0.15) is 19.4 Å². The van der Waals surface area contributed by atoms with E-state index in [1.54, 1.807) is 12.1 Å². The number of alkyl halides is 3. The summed E-state index contributed by atoms with van der Waals surface area (Å²) in [4.78, 5) is 0.208. The molecule has 0 aliphatic carbocycles. The molecule has 0 amide bonds. The van der Waals surface area contributed by atoms with Crippen LogP contribution in [0.2, 0.25) is 0 Å². The lowest BCUT2D eigenvalue weighted by Crippen LogP contribution is -2.22. The summed E-state index contributed by atoms with van der Waals surface area (Å²) in [6.07, 6.45) is 3.88. The molecule has 1 aromatic rings. The van der Waals surface area contributed by atoms with E-state index in [-0.39, 0.29) is 22.7 Å². The maximum absolute atomic E-state index is 12.1. The minimum Gasteiger partial charge on any atom is -0.311 e. The van der Waals surface area contributed by atoms with Crippen molar-refractivity contribution in [3.8, 4) is 0 Å². The van der Waals surface area contributed by atoms with Crippen LogP contribution in [0.4, 0.5) is 13.2 Å². The van der Waals surface area contributed by atoms with Crippen molar-refractivity contribution in [3.63, 3.8) is 0 Å². The summed E-state index contributed by atoms with van der Waals surface area (Å²) in [7, 11) is 0. The van der Waals surface area contributed by atoms with Gasteiger partial charge in [-0.3, -0.25) is 0 Å². The largest absolute Gasteiger partial charge is 0.446 e. The number of thioether (sulfide) groups is 1. The highest BCUT2D eigenvalue weighted by Crippen LogP contribution is 2.36. The second-order valence-electron chi connectivity index (χ2n) is 3.82. The van der Waals surface area contributed by atoms with Crippen LogP contribution in [0.5, 0.6) is 0 Å². The Hall–Kier alpha value is -0.940. The first-order valence-corrected chi connectivity index (χ1v) is 6.50. The van der Waals surface area contributed by atoms with Gasteiger partial charge >= 0.3 is 5.51 Å². The second-order valence-corrected chi connectivity index (χ2v) is 4.96. The van der Waals surface area contributed by atoms with Gasteiger partial charge in [0.1, 0.15) is 0 Å². The molecule has 18 heavy (non-hydrogen) atoms. The highest BCUT2D eigenvalue weighted by atomic mass is 32.2. The highest BCUT2D eigenvalue weighted by Gasteiger charge is 2.28. The van der Waals surface area contributed by atoms with Crippen LogP contribution in [0.25, 0.3) is 6.08 Å². The Labute approximate surface area is 109 Å². The third kappa shape index (κ3) is 6.12. The molecule has 0 saturated carbocycles. The van der Waals surface area contributed by atoms with Crippen molar-refractivity contribution < 1.29 is 13.2 Å². The smallest absolute Gasteiger partial charge is 0.311 e. The molecule has 1 N–H and O–H groups in total. The molecule has 5 heteroatoms. The Morgan fingerprint density at radius 2 is 1.89 bits per heavy atom. The van der Waals surface area contributed by atoms with Gasteiger partial charge < -0.3 is 5.32 Å². The Morgan fingerprint density at radius 1 is 1.28 bits per heavy atom. The molecule has 1 unspecified atom stereocenters. The monoisotopic (exact) mass is 275 g/mol. The van der Waals surface area contributed by atoms with Crippen molar-refractivity contribution in [1.29, 1.82) is 0 Å². The lowest BCUT2D eigenvalue weighted by molar-refractivity contribution is -0.0328. The first-order valence-electron chi connectivity index (χ1n) is 5.68. The maximum Gasteiger partial charge on any atom is 0.446 e. The SMILES string of the molecule is CCNC(C)/C=C/c1ccc(SC(F)(F)F)cc1. The summed E-state index contributed by atoms with van der Waals surface area (Å²) in [5.41, 5.74) is -3.33. The molecule has 0 bridgehead atoms. The van der Waals surface area contributed by atoms with E-state index in [1.165, 1.54) is 12.1 Å². The van der Waals surface area contributed by atoms with Crippen LogP contribution in [0, 0.1) is 0 Å². The number of hydrogen-bond acceptors (Lipinski definition) is 2. The molecule has 1 nitrogen and oxygen atoms in total. The van der Waals surface area contributed by atoms with E-state index in [1.807, 2.05) is 26.0 Å². The first kappa shape index (κ1) is 15.1. The summed E-state index contributed by atoms with van der Waals surface area (Å²) in [6, 6.07) is 6.58. The zero-order chi connectivity index (χ0) is 13.6. The number of likely N-dealkylation sites (N-methyl/N-ethyl adjacent to an activating group) is 1. The second kappa shape index (κ2) is 6.85. The lowest BCUT2D eigenvalue weighted by Gasteiger charge is -2.07. The third-order valence-corrected chi connectivity index (χ3v) is 2.96. The van der Waals surface area contributed by atoms with Crippen molar-refractivity contribution in [2.75, 3.05) is 6.54 Å². The van der Waals surface area contributed by atoms with E-state index in [2.05, 4.69) is 5.32 Å². The number of rotatable bonds is 5. The van der Waals surface area contributed by atoms with Gasteiger partial charge in [-0.25, -0.2) is 0 Å². The Bertz CT molecular complexity index is 384. The topological polar surface area (TPSA) is 12.0 Å². The van der Waals surface area contributed by atoms with Crippen LogP contribution < -0.4 is 5.32 Å². The fourth-order valence-corrected chi connectivity index (χ4v) is 1.97. The molecule has 0 aliphatic rings. The predicted molar refractivity (Wildman–Crippen MR) is 70.5 cm³/mol. The predicted octanol–water partition coefficient (Wildman–Crippen LogP) is 4.31. The minimum atomic E-state index is -4.23. The minimum absolute atomic E-state index is 0.0945. The quantitative estimate of drug-likeness (QED) is 0.804. The van der Waals surface area contributed by atoms with Crippen LogP contribution >= 0.6 is 11.8 Å². The van der Waals surface area contributed by atoms with Crippen molar-refractivity contribution in [2.24, 2.45) is 0 Å². The van der Waals surface area contributed by atoms with Gasteiger partial charge in [-0.15, -0.1) is 0 Å². The van der Waals surface area contributed by atoms with Gasteiger partial charge in [0.2, 0.25) is 0 Å². The highest BCUT2D eigenvalue weighted by molar-refractivity contribution is 8.00. The molecule has 0 heterocycles. The third-order valence-electron chi connectivity index (χ3n) is 2.22. The number of halogens is 3. The molecule has 0 aromatic heterocycles. The van der Waals surface area contributed by atoms with E-state index >= 15 is 0 Å². The van der Waals surface area contributed by atoms with Gasteiger partial charge in [0.15, 0.2) is 0 Å². The van der Waals surface area contributed by atoms with Crippen LogP contribution in [0.3, 0.4) is 0 Å². The van der Waals surface area contributed by atoms with Gasteiger partial charge in [0.25, 0.3) is 0 Å². The molecule has 0 fully saturated rings. The van der Waals surface area contributed by atoms with Gasteiger partial charge in [0, 0.05) is 10.9 Å². The van der Waals surface area contributed by atoms with Crippen LogP contribution in [-0.4, -0.2) is 18.1 Å². The Morgan fingerprint density at radius 3 is 2.39 bits per heavy atom. The summed E-state index contributed by atoms with van der Waals surface area (Å²) >= 11 is -0.0945. The van der Waals surface area contributed by atoms with Crippen molar-refractivity contribution in [1.82, 2.24) is 5.32 Å². The number of benzene rings is 1. The molecule has 1 aromatic carbocycles. The van der Waals surface area contributed by atoms with Gasteiger partial charge in [-0.05, 0) is 42.9 Å². The average molecular weight is 275 g/mol. The maximum atomic E-state index is 12.1. The van der Waals surface area contributed by atoms with E-state index in [0.717, 1.165) is 12.1 Å². The van der Waals surface area contributed by atoms with E-state index < -0.39 is 5.51 Å². The van der Waals surface area contributed by atoms with E-state index in [0.29, 0.717) is 0 Å². The van der Waals surface area contributed by atoms with E-state index in [9.17, 15) is 13.2 Å². The van der Waals surface area contributed by atoms with Gasteiger partial charge in [-0.1, -0.05) is 31.2 Å². The normalized spacial score (nSPS) is 14.1. The molecular weight excluding hydrogens is 259 g/mol. The summed E-state index contributed by atoms with van der Waals surface area (Å²) in [5.74, 6) is 0. The van der Waals surface area contributed by atoms with Crippen LogP contribution in [-0.2, 0) is 0 Å². The van der Waals surface area contributed by atoms with Crippen LogP contribution in [0.15, 0.2) is 35.2 Å². The summed E-state index contributed by atoms with van der Waals surface area (Å²) < 4.78 is 36.4. The zero-order valence-electron chi connectivity index (χ0n) is 10.3. The Balaban J connectivity index is 2.60. The molecule has 0 radical (unpaired) electrons. The fraction of sp³-hybridized carbons (Fsp3) is 0.385. The molecule has 0 spiro atoms. The molecule has 1 atom stereocenters. The number of nitrogens with one attached hydrogen (secondary N) is 1. The van der Waals surface area contributed by atoms with Gasteiger partial charge in [-0.2, -0.15) is 13.2 Å². The average Bonchev–Trinajstić information content (AvgIpc) is 2.26. The zero-order valence-corrected chi connectivity index (χ0v) is 11.1.